The molecule has 2 atom stereocenters. The minimum Gasteiger partial charge on any atom is -0.355 e. The molecule has 0 aliphatic carbocycles. The van der Waals surface area contributed by atoms with Crippen LogP contribution in [-0.2, 0) is 9.59 Å². The van der Waals surface area contributed by atoms with E-state index in [1.165, 1.54) is 6.92 Å². The molecule has 0 saturated carbocycles. The molecule has 2 amide bonds. The molecule has 15 heavy (non-hydrogen) atoms. The molecule has 1 aliphatic rings. The van der Waals surface area contributed by atoms with Crippen LogP contribution in [-0.4, -0.2) is 37.5 Å². The van der Waals surface area contributed by atoms with E-state index >= 15 is 0 Å². The van der Waals surface area contributed by atoms with Gasteiger partial charge in [-0.15, -0.1) is 0 Å². The van der Waals surface area contributed by atoms with E-state index in [9.17, 15) is 9.59 Å². The van der Waals surface area contributed by atoms with Gasteiger partial charge in [-0.1, -0.05) is 6.92 Å². The summed E-state index contributed by atoms with van der Waals surface area (Å²) in [7, 11) is 0. The van der Waals surface area contributed by atoms with Crippen LogP contribution in [0.5, 0.6) is 0 Å². The first-order valence-electron chi connectivity index (χ1n) is 5.37. The van der Waals surface area contributed by atoms with E-state index in [0.29, 0.717) is 19.0 Å². The lowest BCUT2D eigenvalue weighted by Gasteiger charge is -2.15. The van der Waals surface area contributed by atoms with E-state index in [1.807, 2.05) is 0 Å². The molecule has 3 N–H and O–H groups in total. The van der Waals surface area contributed by atoms with Gasteiger partial charge in [0.1, 0.15) is 0 Å². The van der Waals surface area contributed by atoms with Crippen molar-refractivity contribution < 1.29 is 9.59 Å². The van der Waals surface area contributed by atoms with E-state index in [1.54, 1.807) is 0 Å². The standard InChI is InChI=1S/C10H19N3O2/c1-7-3-4-12-9(7)10(15)13-6-5-11-8(2)14/h7,9,12H,3-6H2,1-2H3,(H,11,14)(H,13,15). The zero-order chi connectivity index (χ0) is 11.3. The molecule has 0 radical (unpaired) electrons. The average Bonchev–Trinajstić information content (AvgIpc) is 2.58. The summed E-state index contributed by atoms with van der Waals surface area (Å²) in [4.78, 5) is 22.2. The number of amides is 2. The topological polar surface area (TPSA) is 70.2 Å². The Morgan fingerprint density at radius 2 is 2.00 bits per heavy atom. The third-order valence-electron chi connectivity index (χ3n) is 2.61. The Morgan fingerprint density at radius 3 is 2.53 bits per heavy atom. The second-order valence-corrected chi connectivity index (χ2v) is 3.97. The molecule has 0 bridgehead atoms. The number of carbonyl (C=O) groups excluding carboxylic acids is 2. The molecule has 2 unspecified atom stereocenters. The van der Waals surface area contributed by atoms with Crippen molar-refractivity contribution in [1.82, 2.24) is 16.0 Å². The van der Waals surface area contributed by atoms with E-state index in [2.05, 4.69) is 22.9 Å². The van der Waals surface area contributed by atoms with Gasteiger partial charge in [-0.05, 0) is 18.9 Å². The maximum absolute atomic E-state index is 11.6. The molecule has 5 nitrogen and oxygen atoms in total. The Hall–Kier alpha value is -1.10. The fourth-order valence-electron chi connectivity index (χ4n) is 1.72. The Kier molecular flexibility index (Phi) is 4.55. The van der Waals surface area contributed by atoms with Crippen LogP contribution in [0.3, 0.4) is 0 Å². The van der Waals surface area contributed by atoms with E-state index in [-0.39, 0.29) is 17.9 Å². The summed E-state index contributed by atoms with van der Waals surface area (Å²) in [5, 5.41) is 8.58. The van der Waals surface area contributed by atoms with Gasteiger partial charge in [-0.3, -0.25) is 9.59 Å². The average molecular weight is 213 g/mol. The molecule has 1 fully saturated rings. The first kappa shape index (κ1) is 12.0. The number of hydrogen-bond acceptors (Lipinski definition) is 3. The van der Waals surface area contributed by atoms with Gasteiger partial charge in [0.05, 0.1) is 6.04 Å². The Balaban J connectivity index is 2.15. The predicted octanol–water partition coefficient (Wildman–Crippen LogP) is -0.763. The largest absolute Gasteiger partial charge is 0.355 e. The monoisotopic (exact) mass is 213 g/mol. The molecule has 86 valence electrons. The van der Waals surface area contributed by atoms with Crippen molar-refractivity contribution in [2.45, 2.75) is 26.3 Å². The molecule has 1 heterocycles. The minimum atomic E-state index is -0.0726. The zero-order valence-corrected chi connectivity index (χ0v) is 9.30. The predicted molar refractivity (Wildman–Crippen MR) is 57.3 cm³/mol. The van der Waals surface area contributed by atoms with E-state index in [4.69, 9.17) is 0 Å². The third kappa shape index (κ3) is 3.87. The Morgan fingerprint density at radius 1 is 1.33 bits per heavy atom. The summed E-state index contributed by atoms with van der Waals surface area (Å²) in [5.74, 6) is 0.354. The number of rotatable bonds is 4. The van der Waals surface area contributed by atoms with Crippen molar-refractivity contribution >= 4 is 11.8 Å². The van der Waals surface area contributed by atoms with Crippen LogP contribution in [0, 0.1) is 5.92 Å². The second kappa shape index (κ2) is 5.70. The molecular formula is C10H19N3O2. The van der Waals surface area contributed by atoms with Crippen LogP contribution in [0.4, 0.5) is 0 Å². The quantitative estimate of drug-likeness (QED) is 0.537. The van der Waals surface area contributed by atoms with Gasteiger partial charge in [-0.25, -0.2) is 0 Å². The smallest absolute Gasteiger partial charge is 0.237 e. The minimum absolute atomic E-state index is 0.0327. The molecule has 0 aromatic heterocycles. The Bertz CT molecular complexity index is 243. The number of nitrogens with one attached hydrogen (secondary N) is 3. The fraction of sp³-hybridized carbons (Fsp3) is 0.800. The van der Waals surface area contributed by atoms with E-state index in [0.717, 1.165) is 13.0 Å². The first-order valence-corrected chi connectivity index (χ1v) is 5.37. The van der Waals surface area contributed by atoms with Gasteiger partial charge in [0.15, 0.2) is 0 Å². The summed E-state index contributed by atoms with van der Waals surface area (Å²) < 4.78 is 0. The fourth-order valence-corrected chi connectivity index (χ4v) is 1.72. The van der Waals surface area contributed by atoms with Crippen molar-refractivity contribution in [3.05, 3.63) is 0 Å². The zero-order valence-electron chi connectivity index (χ0n) is 9.30. The molecule has 0 aromatic rings. The van der Waals surface area contributed by atoms with Crippen molar-refractivity contribution in [3.8, 4) is 0 Å². The highest BCUT2D eigenvalue weighted by molar-refractivity contribution is 5.82. The summed E-state index contributed by atoms with van der Waals surface area (Å²) in [6.07, 6.45) is 1.05. The molecule has 5 heteroatoms. The second-order valence-electron chi connectivity index (χ2n) is 3.97. The lowest BCUT2D eigenvalue weighted by atomic mass is 10.0. The Labute approximate surface area is 90.0 Å². The highest BCUT2D eigenvalue weighted by Crippen LogP contribution is 2.13. The highest BCUT2D eigenvalue weighted by Gasteiger charge is 2.28. The van der Waals surface area contributed by atoms with Crippen LogP contribution in [0.25, 0.3) is 0 Å². The summed E-state index contributed by atoms with van der Waals surface area (Å²) in [5.41, 5.74) is 0. The lowest BCUT2D eigenvalue weighted by Crippen LogP contribution is -2.45. The third-order valence-corrected chi connectivity index (χ3v) is 2.61. The molecule has 1 saturated heterocycles. The van der Waals surface area contributed by atoms with Crippen LogP contribution >= 0.6 is 0 Å². The van der Waals surface area contributed by atoms with Gasteiger partial charge in [0.2, 0.25) is 11.8 Å². The van der Waals surface area contributed by atoms with Crippen LogP contribution in [0.15, 0.2) is 0 Å². The molecular weight excluding hydrogens is 194 g/mol. The summed E-state index contributed by atoms with van der Waals surface area (Å²) in [6, 6.07) is -0.0673. The number of carbonyl (C=O) groups is 2. The normalized spacial score (nSPS) is 24.9. The van der Waals surface area contributed by atoms with E-state index < -0.39 is 0 Å². The SMILES string of the molecule is CC(=O)NCCNC(=O)C1NCCC1C. The van der Waals surface area contributed by atoms with Crippen molar-refractivity contribution in [1.29, 1.82) is 0 Å². The van der Waals surface area contributed by atoms with Crippen LogP contribution < -0.4 is 16.0 Å². The van der Waals surface area contributed by atoms with Crippen molar-refractivity contribution in [2.24, 2.45) is 5.92 Å². The molecule has 0 aromatic carbocycles. The lowest BCUT2D eigenvalue weighted by molar-refractivity contribution is -0.124. The number of hydrogen-bond donors (Lipinski definition) is 3. The van der Waals surface area contributed by atoms with Crippen LogP contribution in [0.2, 0.25) is 0 Å². The van der Waals surface area contributed by atoms with Crippen LogP contribution in [0.1, 0.15) is 20.3 Å². The van der Waals surface area contributed by atoms with Gasteiger partial charge in [0.25, 0.3) is 0 Å². The maximum atomic E-state index is 11.6. The summed E-state index contributed by atoms with van der Waals surface area (Å²) in [6.45, 7) is 5.41. The molecule has 1 aliphatic heterocycles. The van der Waals surface area contributed by atoms with Gasteiger partial charge >= 0.3 is 0 Å². The molecule has 1 rings (SSSR count). The summed E-state index contributed by atoms with van der Waals surface area (Å²) >= 11 is 0. The maximum Gasteiger partial charge on any atom is 0.237 e. The van der Waals surface area contributed by atoms with Gasteiger partial charge in [0, 0.05) is 20.0 Å². The van der Waals surface area contributed by atoms with Crippen molar-refractivity contribution in [2.75, 3.05) is 19.6 Å². The first-order chi connectivity index (χ1) is 7.11. The molecule has 0 spiro atoms. The highest BCUT2D eigenvalue weighted by atomic mass is 16.2. The van der Waals surface area contributed by atoms with Gasteiger partial charge < -0.3 is 16.0 Å². The van der Waals surface area contributed by atoms with Gasteiger partial charge in [-0.2, -0.15) is 0 Å². The van der Waals surface area contributed by atoms with Crippen molar-refractivity contribution in [3.63, 3.8) is 0 Å².